The molecule has 0 aliphatic carbocycles. The molecule has 0 fully saturated rings. The van der Waals surface area contributed by atoms with Crippen molar-refractivity contribution in [3.63, 3.8) is 0 Å². The van der Waals surface area contributed by atoms with Gasteiger partial charge in [0.05, 0.1) is 7.11 Å². The van der Waals surface area contributed by atoms with Crippen LogP contribution in [0.1, 0.15) is 5.82 Å². The Kier molecular flexibility index (Phi) is 5.37. The molecule has 6 nitrogen and oxygen atoms in total. The molecule has 1 aromatic heterocycles. The van der Waals surface area contributed by atoms with Crippen LogP contribution in [0, 0.1) is 0 Å². The molecule has 0 spiro atoms. The highest BCUT2D eigenvalue weighted by Crippen LogP contribution is 2.25. The Hall–Kier alpha value is -2.08. The number of nitrogens with zero attached hydrogens (tertiary/aromatic N) is 3. The SMILES string of the molecule is COc1ccccc1OCCNCCc1nncn1C. The van der Waals surface area contributed by atoms with Gasteiger partial charge in [-0.25, -0.2) is 0 Å². The van der Waals surface area contributed by atoms with Crippen molar-refractivity contribution in [2.24, 2.45) is 7.05 Å². The van der Waals surface area contributed by atoms with Gasteiger partial charge in [0.15, 0.2) is 11.5 Å². The highest BCUT2D eigenvalue weighted by atomic mass is 16.5. The first kappa shape index (κ1) is 14.3. The lowest BCUT2D eigenvalue weighted by atomic mass is 10.3. The molecule has 0 amide bonds. The fraction of sp³-hybridized carbons (Fsp3) is 0.429. The third-order valence-corrected chi connectivity index (χ3v) is 2.94. The molecule has 2 aromatic rings. The minimum absolute atomic E-state index is 0.596. The minimum atomic E-state index is 0.596. The summed E-state index contributed by atoms with van der Waals surface area (Å²) in [6, 6.07) is 7.64. The van der Waals surface area contributed by atoms with Gasteiger partial charge >= 0.3 is 0 Å². The number of aromatic nitrogens is 3. The van der Waals surface area contributed by atoms with Crippen molar-refractivity contribution in [1.29, 1.82) is 0 Å². The molecule has 1 aromatic carbocycles. The van der Waals surface area contributed by atoms with Crippen molar-refractivity contribution in [1.82, 2.24) is 20.1 Å². The molecule has 6 heteroatoms. The van der Waals surface area contributed by atoms with Crippen LogP contribution in [0.25, 0.3) is 0 Å². The summed E-state index contributed by atoms with van der Waals surface area (Å²) in [5.74, 6) is 2.50. The Morgan fingerprint density at radius 1 is 1.20 bits per heavy atom. The molecule has 108 valence electrons. The minimum Gasteiger partial charge on any atom is -0.493 e. The van der Waals surface area contributed by atoms with Gasteiger partial charge in [0.25, 0.3) is 0 Å². The van der Waals surface area contributed by atoms with E-state index < -0.39 is 0 Å². The van der Waals surface area contributed by atoms with E-state index in [1.807, 2.05) is 35.9 Å². The van der Waals surface area contributed by atoms with Crippen LogP contribution < -0.4 is 14.8 Å². The number of para-hydroxylation sites is 2. The van der Waals surface area contributed by atoms with Crippen molar-refractivity contribution in [3.8, 4) is 11.5 Å². The molecule has 0 bridgehead atoms. The molecule has 0 radical (unpaired) electrons. The first-order valence-corrected chi connectivity index (χ1v) is 6.60. The van der Waals surface area contributed by atoms with Gasteiger partial charge in [-0.15, -0.1) is 10.2 Å². The molecule has 0 aliphatic rings. The monoisotopic (exact) mass is 276 g/mol. The number of methoxy groups -OCH3 is 1. The summed E-state index contributed by atoms with van der Waals surface area (Å²) in [7, 11) is 3.58. The van der Waals surface area contributed by atoms with E-state index >= 15 is 0 Å². The molecule has 0 saturated carbocycles. The van der Waals surface area contributed by atoms with E-state index in [1.165, 1.54) is 0 Å². The summed E-state index contributed by atoms with van der Waals surface area (Å²) in [6.45, 7) is 2.22. The predicted octanol–water partition coefficient (Wildman–Crippen LogP) is 1.03. The number of rotatable bonds is 8. The normalized spacial score (nSPS) is 10.5. The zero-order valence-electron chi connectivity index (χ0n) is 11.9. The van der Waals surface area contributed by atoms with E-state index in [-0.39, 0.29) is 0 Å². The molecule has 0 aliphatic heterocycles. The predicted molar refractivity (Wildman–Crippen MR) is 76.1 cm³/mol. The van der Waals surface area contributed by atoms with E-state index in [0.29, 0.717) is 6.61 Å². The number of ether oxygens (including phenoxy) is 2. The van der Waals surface area contributed by atoms with Crippen molar-refractivity contribution < 1.29 is 9.47 Å². The number of nitrogens with one attached hydrogen (secondary N) is 1. The van der Waals surface area contributed by atoms with Crippen molar-refractivity contribution in [2.45, 2.75) is 6.42 Å². The number of benzene rings is 1. The average molecular weight is 276 g/mol. The highest BCUT2D eigenvalue weighted by molar-refractivity contribution is 5.39. The van der Waals surface area contributed by atoms with Crippen LogP contribution in [-0.4, -0.2) is 41.6 Å². The summed E-state index contributed by atoms with van der Waals surface area (Å²) < 4.78 is 12.8. The topological polar surface area (TPSA) is 61.2 Å². The standard InChI is InChI=1S/C14H20N4O2/c1-18-11-16-17-14(18)7-8-15-9-10-20-13-6-4-3-5-12(13)19-2/h3-6,11,15H,7-10H2,1-2H3. The first-order valence-electron chi connectivity index (χ1n) is 6.60. The van der Waals surface area contributed by atoms with Gasteiger partial charge in [-0.05, 0) is 12.1 Å². The summed E-state index contributed by atoms with van der Waals surface area (Å²) >= 11 is 0. The first-order chi connectivity index (χ1) is 9.81. The number of hydrogen-bond donors (Lipinski definition) is 1. The molecule has 2 rings (SSSR count). The highest BCUT2D eigenvalue weighted by Gasteiger charge is 2.02. The molecular formula is C14H20N4O2. The summed E-state index contributed by atoms with van der Waals surface area (Å²) in [6.07, 6.45) is 2.56. The second-order valence-electron chi connectivity index (χ2n) is 4.36. The van der Waals surface area contributed by atoms with Gasteiger partial charge in [0, 0.05) is 26.6 Å². The maximum Gasteiger partial charge on any atom is 0.161 e. The lowest BCUT2D eigenvalue weighted by Gasteiger charge is -2.10. The largest absolute Gasteiger partial charge is 0.493 e. The fourth-order valence-electron chi connectivity index (χ4n) is 1.83. The van der Waals surface area contributed by atoms with Crippen LogP contribution in [0.3, 0.4) is 0 Å². The van der Waals surface area contributed by atoms with E-state index in [0.717, 1.165) is 36.8 Å². The molecule has 0 atom stereocenters. The van der Waals surface area contributed by atoms with Crippen LogP contribution in [0.5, 0.6) is 11.5 Å². The summed E-state index contributed by atoms with van der Waals surface area (Å²) in [5, 5.41) is 11.2. The quantitative estimate of drug-likeness (QED) is 0.730. The second kappa shape index (κ2) is 7.49. The average Bonchev–Trinajstić information content (AvgIpc) is 2.88. The van der Waals surface area contributed by atoms with E-state index in [1.54, 1.807) is 13.4 Å². The van der Waals surface area contributed by atoms with Crippen LogP contribution in [-0.2, 0) is 13.5 Å². The Bertz CT molecular complexity index is 527. The molecule has 0 saturated heterocycles. The van der Waals surface area contributed by atoms with Crippen molar-refractivity contribution in [2.75, 3.05) is 26.8 Å². The van der Waals surface area contributed by atoms with E-state index in [9.17, 15) is 0 Å². The fourth-order valence-corrected chi connectivity index (χ4v) is 1.83. The maximum absolute atomic E-state index is 5.67. The van der Waals surface area contributed by atoms with Gasteiger partial charge in [0.2, 0.25) is 0 Å². The summed E-state index contributed by atoms with van der Waals surface area (Å²) in [5.41, 5.74) is 0. The van der Waals surface area contributed by atoms with Crippen LogP contribution >= 0.6 is 0 Å². The van der Waals surface area contributed by atoms with Gasteiger partial charge in [0.1, 0.15) is 18.8 Å². The van der Waals surface area contributed by atoms with E-state index in [2.05, 4.69) is 15.5 Å². The zero-order chi connectivity index (χ0) is 14.2. The van der Waals surface area contributed by atoms with Gasteiger partial charge in [-0.3, -0.25) is 0 Å². The van der Waals surface area contributed by atoms with Crippen LogP contribution in [0.2, 0.25) is 0 Å². The molecule has 0 unspecified atom stereocenters. The lowest BCUT2D eigenvalue weighted by Crippen LogP contribution is -2.24. The number of aryl methyl sites for hydroxylation is 1. The number of hydrogen-bond acceptors (Lipinski definition) is 5. The third-order valence-electron chi connectivity index (χ3n) is 2.94. The Labute approximate surface area is 118 Å². The Morgan fingerprint density at radius 3 is 2.70 bits per heavy atom. The molecule has 1 heterocycles. The van der Waals surface area contributed by atoms with Crippen LogP contribution in [0.4, 0.5) is 0 Å². The molecular weight excluding hydrogens is 256 g/mol. The zero-order valence-corrected chi connectivity index (χ0v) is 11.9. The second-order valence-corrected chi connectivity index (χ2v) is 4.36. The Balaban J connectivity index is 1.63. The smallest absolute Gasteiger partial charge is 0.161 e. The van der Waals surface area contributed by atoms with Gasteiger partial charge < -0.3 is 19.4 Å². The van der Waals surface area contributed by atoms with E-state index in [4.69, 9.17) is 9.47 Å². The maximum atomic E-state index is 5.67. The van der Waals surface area contributed by atoms with Gasteiger partial charge in [-0.1, -0.05) is 12.1 Å². The van der Waals surface area contributed by atoms with Gasteiger partial charge in [-0.2, -0.15) is 0 Å². The van der Waals surface area contributed by atoms with Crippen molar-refractivity contribution >= 4 is 0 Å². The summed E-state index contributed by atoms with van der Waals surface area (Å²) in [4.78, 5) is 0. The van der Waals surface area contributed by atoms with Crippen molar-refractivity contribution in [3.05, 3.63) is 36.4 Å². The van der Waals surface area contributed by atoms with Crippen LogP contribution in [0.15, 0.2) is 30.6 Å². The molecule has 20 heavy (non-hydrogen) atoms. The lowest BCUT2D eigenvalue weighted by molar-refractivity contribution is 0.292. The Morgan fingerprint density at radius 2 is 2.00 bits per heavy atom. The third kappa shape index (κ3) is 3.96. The molecule has 1 N–H and O–H groups in total.